The van der Waals surface area contributed by atoms with Crippen molar-refractivity contribution in [2.45, 2.75) is 31.4 Å². The van der Waals surface area contributed by atoms with Crippen LogP contribution in [-0.4, -0.2) is 75.9 Å². The van der Waals surface area contributed by atoms with Gasteiger partial charge < -0.3 is 44.3 Å². The van der Waals surface area contributed by atoms with Gasteiger partial charge in [-0.1, -0.05) is 16.9 Å². The number of imidazole rings is 1. The quantitative estimate of drug-likeness (QED) is 0.0792. The van der Waals surface area contributed by atoms with Gasteiger partial charge >= 0.3 is 6.09 Å². The number of aromatic nitrogens is 6. The molecule has 0 radical (unpaired) electrons. The molecule has 0 saturated heterocycles. The lowest BCUT2D eigenvalue weighted by Crippen LogP contribution is -2.27. The summed E-state index contributed by atoms with van der Waals surface area (Å²) in [5.41, 5.74) is 1.29. The minimum absolute atomic E-state index is 0.0000375. The van der Waals surface area contributed by atoms with E-state index in [0.29, 0.717) is 35.1 Å². The molecule has 5 N–H and O–H groups in total. The maximum Gasteiger partial charge on any atom is 0.412 e. The van der Waals surface area contributed by atoms with Crippen LogP contribution in [0.2, 0.25) is 0 Å². The van der Waals surface area contributed by atoms with E-state index in [4.69, 9.17) is 4.74 Å². The molecular weight excluding hydrogens is 735 g/mol. The highest BCUT2D eigenvalue weighted by Gasteiger charge is 2.22. The number of amides is 5. The van der Waals surface area contributed by atoms with Crippen LogP contribution in [-0.2, 0) is 32.9 Å². The van der Waals surface area contributed by atoms with Gasteiger partial charge in [0.05, 0.1) is 17.1 Å². The molecule has 5 aromatic rings. The molecule has 0 saturated carbocycles. The summed E-state index contributed by atoms with van der Waals surface area (Å²) in [4.78, 5) is 73.0. The fourth-order valence-electron chi connectivity index (χ4n) is 5.09. The molecule has 5 heterocycles. The van der Waals surface area contributed by atoms with Crippen molar-refractivity contribution in [3.63, 3.8) is 0 Å². The van der Waals surface area contributed by atoms with Gasteiger partial charge in [-0.15, -0.1) is 0 Å². The third-order valence-corrected chi connectivity index (χ3v) is 9.71. The number of carbonyl (C=O) groups is 5. The van der Waals surface area contributed by atoms with Crippen molar-refractivity contribution >= 4 is 74.2 Å². The number of aryl methyl sites for hydroxylation is 4. The summed E-state index contributed by atoms with van der Waals surface area (Å²) in [6.07, 6.45) is 7.33. The van der Waals surface area contributed by atoms with E-state index in [1.54, 1.807) is 99.7 Å². The maximum atomic E-state index is 13.2. The number of nitrogens with zero attached hydrogens (tertiary/aromatic N) is 6. The zero-order valence-corrected chi connectivity index (χ0v) is 32.3. The molecule has 17 nitrogen and oxygen atoms in total. The van der Waals surface area contributed by atoms with Crippen molar-refractivity contribution in [2.24, 2.45) is 28.2 Å². The van der Waals surface area contributed by atoms with Crippen LogP contribution in [0.25, 0.3) is 0 Å². The topological polar surface area (TPSA) is 200 Å². The van der Waals surface area contributed by atoms with Gasteiger partial charge in [0, 0.05) is 71.5 Å². The highest BCUT2D eigenvalue weighted by molar-refractivity contribution is 8.76. The van der Waals surface area contributed by atoms with Gasteiger partial charge in [-0.2, -0.15) is 0 Å². The summed E-state index contributed by atoms with van der Waals surface area (Å²) < 4.78 is 11.4. The van der Waals surface area contributed by atoms with Crippen molar-refractivity contribution in [3.8, 4) is 0 Å². The second-order valence-electron chi connectivity index (χ2n) is 13.1. The van der Waals surface area contributed by atoms with Gasteiger partial charge in [-0.3, -0.25) is 24.5 Å². The third-order valence-electron chi connectivity index (χ3n) is 7.45. The number of hydrogen-bond donors (Lipinski definition) is 5. The first-order valence-corrected chi connectivity index (χ1v) is 18.8. The highest BCUT2D eigenvalue weighted by atomic mass is 33.1. The molecule has 54 heavy (non-hydrogen) atoms. The molecular formula is C35H41N11O6S2. The summed E-state index contributed by atoms with van der Waals surface area (Å²) >= 11 is 0. The Balaban J connectivity index is 1.13. The van der Waals surface area contributed by atoms with Crippen LogP contribution >= 0.6 is 21.6 Å². The SMILES string of the molecule is Cn1cc(NC(=O)c2cc(NC(=O)c3nc(NC(=O)c4cc(NC(=O)OC(C)(C)C)cn4C)cn3C)cn2C)cc1C(=O)NCCSSc1ccccn1. The lowest BCUT2D eigenvalue weighted by Gasteiger charge is -2.19. The third kappa shape index (κ3) is 10.3. The van der Waals surface area contributed by atoms with Gasteiger partial charge in [0.25, 0.3) is 23.6 Å². The molecule has 0 aliphatic rings. The molecule has 284 valence electrons. The molecule has 5 rings (SSSR count). The molecule has 0 unspecified atom stereocenters. The Bertz CT molecular complexity index is 2180. The van der Waals surface area contributed by atoms with Crippen LogP contribution in [0.3, 0.4) is 0 Å². The lowest BCUT2D eigenvalue weighted by molar-refractivity contribution is 0.0635. The van der Waals surface area contributed by atoms with Gasteiger partial charge in [-0.25, -0.2) is 14.8 Å². The molecule has 0 spiro atoms. The maximum absolute atomic E-state index is 13.2. The van der Waals surface area contributed by atoms with Crippen molar-refractivity contribution in [1.29, 1.82) is 0 Å². The van der Waals surface area contributed by atoms with Gasteiger partial charge in [-0.05, 0) is 61.9 Å². The Morgan fingerprint density at radius 1 is 0.704 bits per heavy atom. The molecule has 0 aliphatic carbocycles. The van der Waals surface area contributed by atoms with Crippen LogP contribution < -0.4 is 26.6 Å². The van der Waals surface area contributed by atoms with E-state index in [1.165, 1.54) is 38.3 Å². The molecule has 0 atom stereocenters. The summed E-state index contributed by atoms with van der Waals surface area (Å²) in [6, 6.07) is 10.3. The Labute approximate surface area is 319 Å². The van der Waals surface area contributed by atoms with Gasteiger partial charge in [0.15, 0.2) is 5.82 Å². The number of pyridine rings is 1. The molecule has 5 aromatic heterocycles. The first kappa shape index (κ1) is 39.3. The number of carbonyl (C=O) groups excluding carboxylic acids is 5. The number of ether oxygens (including phenoxy) is 1. The Morgan fingerprint density at radius 2 is 1.26 bits per heavy atom. The van der Waals surface area contributed by atoms with E-state index >= 15 is 0 Å². The fourth-order valence-corrected chi connectivity index (χ4v) is 6.88. The minimum Gasteiger partial charge on any atom is -0.444 e. The summed E-state index contributed by atoms with van der Waals surface area (Å²) in [6.45, 7) is 5.68. The number of hydrogen-bond acceptors (Lipinski definition) is 10. The number of anilines is 4. The van der Waals surface area contributed by atoms with E-state index in [1.807, 2.05) is 18.2 Å². The monoisotopic (exact) mass is 775 g/mol. The molecule has 0 aliphatic heterocycles. The standard InChI is InChI=1S/C35H41N11O6S2/c1-35(2,3)52-34(51)40-23-16-26(45(6)19-23)32(49)42-27-20-46(7)29(41-27)33(50)39-22-15-25(44(5)18-22)31(48)38-21-14-24(43(4)17-21)30(47)37-12-13-53-54-28-10-8-9-11-36-28/h8-11,14-20H,12-13H2,1-7H3,(H,37,47)(H,38,48)(H,39,50)(H,40,51)(H,42,49). The summed E-state index contributed by atoms with van der Waals surface area (Å²) in [7, 11) is 9.74. The molecule has 0 fully saturated rings. The van der Waals surface area contributed by atoms with Crippen molar-refractivity contribution in [3.05, 3.63) is 90.3 Å². The molecule has 0 bridgehead atoms. The largest absolute Gasteiger partial charge is 0.444 e. The number of nitrogens with one attached hydrogen (secondary N) is 5. The Morgan fingerprint density at radius 3 is 1.83 bits per heavy atom. The first-order valence-electron chi connectivity index (χ1n) is 16.5. The molecule has 0 aromatic carbocycles. The van der Waals surface area contributed by atoms with Crippen LogP contribution in [0.15, 0.2) is 72.4 Å². The van der Waals surface area contributed by atoms with Crippen molar-refractivity contribution in [2.75, 3.05) is 33.6 Å². The zero-order chi connectivity index (χ0) is 39.2. The first-order chi connectivity index (χ1) is 25.6. The van der Waals surface area contributed by atoms with E-state index in [0.717, 1.165) is 5.03 Å². The fraction of sp³-hybridized carbons (Fsp3) is 0.286. The van der Waals surface area contributed by atoms with E-state index in [-0.39, 0.29) is 28.9 Å². The average molecular weight is 776 g/mol. The second-order valence-corrected chi connectivity index (χ2v) is 15.5. The van der Waals surface area contributed by atoms with Crippen LogP contribution in [0.5, 0.6) is 0 Å². The van der Waals surface area contributed by atoms with Crippen molar-refractivity contribution < 1.29 is 28.7 Å². The van der Waals surface area contributed by atoms with Gasteiger partial charge in [0.2, 0.25) is 5.82 Å². The molecule has 19 heteroatoms. The van der Waals surface area contributed by atoms with E-state index in [2.05, 4.69) is 36.6 Å². The van der Waals surface area contributed by atoms with Crippen LogP contribution in [0.4, 0.5) is 27.7 Å². The van der Waals surface area contributed by atoms with Gasteiger partial charge in [0.1, 0.15) is 27.7 Å². The summed E-state index contributed by atoms with van der Waals surface area (Å²) in [5, 5.41) is 14.6. The minimum atomic E-state index is -0.685. The van der Waals surface area contributed by atoms with Crippen molar-refractivity contribution in [1.82, 2.24) is 33.6 Å². The summed E-state index contributed by atoms with van der Waals surface area (Å²) in [5.74, 6) is -1.02. The smallest absolute Gasteiger partial charge is 0.412 e. The highest BCUT2D eigenvalue weighted by Crippen LogP contribution is 2.28. The zero-order valence-electron chi connectivity index (χ0n) is 30.7. The van der Waals surface area contributed by atoms with Crippen LogP contribution in [0, 0.1) is 0 Å². The lowest BCUT2D eigenvalue weighted by atomic mass is 10.2. The van der Waals surface area contributed by atoms with E-state index < -0.39 is 29.4 Å². The Kier molecular flexibility index (Phi) is 12.2. The average Bonchev–Trinajstić information content (AvgIpc) is 3.85. The van der Waals surface area contributed by atoms with E-state index in [9.17, 15) is 24.0 Å². The number of rotatable bonds is 13. The van der Waals surface area contributed by atoms with Crippen LogP contribution in [0.1, 0.15) is 62.9 Å². The predicted octanol–water partition coefficient (Wildman–Crippen LogP) is 5.10. The Hall–Kier alpha value is -5.95. The normalized spacial score (nSPS) is 11.2. The predicted molar refractivity (Wildman–Crippen MR) is 208 cm³/mol. The second kappa shape index (κ2) is 16.8. The molecule has 5 amide bonds.